The summed E-state index contributed by atoms with van der Waals surface area (Å²) in [5.41, 5.74) is 3.45. The Hall–Kier alpha value is -2.91. The van der Waals surface area contributed by atoms with Gasteiger partial charge in [-0.15, -0.1) is 0 Å². The Morgan fingerprint density at radius 3 is 2.14 bits per heavy atom. The summed E-state index contributed by atoms with van der Waals surface area (Å²) < 4.78 is 0. The van der Waals surface area contributed by atoms with Crippen LogP contribution in [0.1, 0.15) is 87.4 Å². The highest BCUT2D eigenvalue weighted by Gasteiger charge is 2.25. The molecule has 3 aliphatic rings. The van der Waals surface area contributed by atoms with Gasteiger partial charge in [-0.3, -0.25) is 0 Å². The normalized spacial score (nSPS) is 18.7. The summed E-state index contributed by atoms with van der Waals surface area (Å²) in [5.74, 6) is 1.57. The first-order chi connectivity index (χ1) is 20.6. The van der Waals surface area contributed by atoms with Gasteiger partial charge < -0.3 is 31.1 Å². The van der Waals surface area contributed by atoms with Gasteiger partial charge in [0.1, 0.15) is 5.82 Å². The molecule has 0 atom stereocenters. The van der Waals surface area contributed by atoms with Crippen LogP contribution in [0.25, 0.3) is 0 Å². The molecule has 2 heterocycles. The van der Waals surface area contributed by atoms with Crippen molar-refractivity contribution in [3.05, 3.63) is 47.2 Å². The number of piperazine rings is 1. The third-order valence-electron chi connectivity index (χ3n) is 9.04. The predicted octanol–water partition coefficient (Wildman–Crippen LogP) is 4.96. The molecular formula is C33H52N8O. The topological polar surface area (TPSA) is 97.5 Å². The van der Waals surface area contributed by atoms with Gasteiger partial charge in [-0.05, 0) is 63.2 Å². The number of aromatic nitrogens is 2. The number of nitrogens with one attached hydrogen (secondary N) is 4. The highest BCUT2D eigenvalue weighted by molar-refractivity contribution is 5.75. The standard InChI is InChI=1S/C33H52N8O/c1-26-23-31(40-19-21-41(22-20-40)33(42)38-30-11-6-3-7-12-30)39-32(37-26)36-25-28-15-13-27(14-16-28)24-34-17-8-18-35-29-9-4-2-5-10-29/h13-16,23,29-30,34-35H,2-12,17-22,24-25H2,1H3,(H,38,42)(H,36,37,39). The fourth-order valence-corrected chi connectivity index (χ4v) is 6.46. The number of benzene rings is 1. The highest BCUT2D eigenvalue weighted by Crippen LogP contribution is 2.20. The lowest BCUT2D eigenvalue weighted by Gasteiger charge is -2.36. The molecule has 4 N–H and O–H groups in total. The van der Waals surface area contributed by atoms with Gasteiger partial charge in [0.2, 0.25) is 5.95 Å². The molecule has 0 spiro atoms. The second kappa shape index (κ2) is 16.1. The van der Waals surface area contributed by atoms with Crippen LogP contribution >= 0.6 is 0 Å². The van der Waals surface area contributed by atoms with E-state index in [1.54, 1.807) is 0 Å². The van der Waals surface area contributed by atoms with E-state index in [0.717, 1.165) is 63.1 Å². The van der Waals surface area contributed by atoms with Crippen LogP contribution in [-0.4, -0.2) is 72.3 Å². The minimum atomic E-state index is 0.0896. The van der Waals surface area contributed by atoms with Crippen molar-refractivity contribution in [3.8, 4) is 0 Å². The third-order valence-corrected chi connectivity index (χ3v) is 9.04. The van der Waals surface area contributed by atoms with Gasteiger partial charge in [-0.1, -0.05) is 62.8 Å². The van der Waals surface area contributed by atoms with Crippen LogP contribution < -0.4 is 26.2 Å². The Balaban J connectivity index is 1.01. The summed E-state index contributed by atoms with van der Waals surface area (Å²) in [5, 5.41) is 14.0. The zero-order valence-electron chi connectivity index (χ0n) is 25.7. The van der Waals surface area contributed by atoms with Gasteiger partial charge in [-0.25, -0.2) is 9.78 Å². The van der Waals surface area contributed by atoms with Crippen LogP contribution in [0.5, 0.6) is 0 Å². The molecule has 1 aliphatic heterocycles. The van der Waals surface area contributed by atoms with Crippen LogP contribution in [0, 0.1) is 6.92 Å². The maximum absolute atomic E-state index is 12.8. The molecule has 1 aromatic carbocycles. The average Bonchev–Trinajstić information content (AvgIpc) is 3.03. The molecule has 230 valence electrons. The summed E-state index contributed by atoms with van der Waals surface area (Å²) >= 11 is 0. The van der Waals surface area contributed by atoms with Crippen molar-refractivity contribution in [2.75, 3.05) is 49.5 Å². The summed E-state index contributed by atoms with van der Waals surface area (Å²) in [7, 11) is 0. The molecule has 9 heteroatoms. The van der Waals surface area contributed by atoms with Gasteiger partial charge in [0, 0.05) is 63.1 Å². The number of hydrogen-bond acceptors (Lipinski definition) is 7. The van der Waals surface area contributed by atoms with Gasteiger partial charge in [0.15, 0.2) is 0 Å². The van der Waals surface area contributed by atoms with Gasteiger partial charge in [0.05, 0.1) is 0 Å². The van der Waals surface area contributed by atoms with E-state index in [1.165, 1.54) is 68.9 Å². The number of urea groups is 1. The minimum Gasteiger partial charge on any atom is -0.353 e. The van der Waals surface area contributed by atoms with E-state index in [0.29, 0.717) is 31.6 Å². The lowest BCUT2D eigenvalue weighted by molar-refractivity contribution is 0.186. The fourth-order valence-electron chi connectivity index (χ4n) is 6.46. The van der Waals surface area contributed by atoms with Crippen LogP contribution in [0.15, 0.2) is 30.3 Å². The maximum atomic E-state index is 12.8. The number of carbonyl (C=O) groups is 1. The molecule has 3 fully saturated rings. The molecule has 9 nitrogen and oxygen atoms in total. The molecular weight excluding hydrogens is 524 g/mol. The Morgan fingerprint density at radius 1 is 0.810 bits per heavy atom. The van der Waals surface area contributed by atoms with Crippen molar-refractivity contribution >= 4 is 17.8 Å². The number of anilines is 2. The van der Waals surface area contributed by atoms with E-state index in [9.17, 15) is 4.79 Å². The maximum Gasteiger partial charge on any atom is 0.317 e. The van der Waals surface area contributed by atoms with Crippen LogP contribution in [0.2, 0.25) is 0 Å². The van der Waals surface area contributed by atoms with Crippen molar-refractivity contribution in [2.45, 2.75) is 103 Å². The zero-order valence-corrected chi connectivity index (χ0v) is 25.7. The lowest BCUT2D eigenvalue weighted by atomic mass is 9.95. The van der Waals surface area contributed by atoms with E-state index in [2.05, 4.69) is 55.4 Å². The molecule has 1 saturated heterocycles. The number of aryl methyl sites for hydroxylation is 1. The van der Waals surface area contributed by atoms with Crippen molar-refractivity contribution in [1.29, 1.82) is 0 Å². The predicted molar refractivity (Wildman–Crippen MR) is 171 cm³/mol. The number of nitrogens with zero attached hydrogens (tertiary/aromatic N) is 4. The molecule has 2 saturated carbocycles. The molecule has 5 rings (SSSR count). The Morgan fingerprint density at radius 2 is 1.45 bits per heavy atom. The monoisotopic (exact) mass is 576 g/mol. The Labute approximate surface area is 252 Å². The van der Waals surface area contributed by atoms with Crippen LogP contribution in [0.3, 0.4) is 0 Å². The fraction of sp³-hybridized carbons (Fsp3) is 0.667. The highest BCUT2D eigenvalue weighted by atomic mass is 16.2. The summed E-state index contributed by atoms with van der Waals surface area (Å²) in [4.78, 5) is 26.4. The number of hydrogen-bond donors (Lipinski definition) is 4. The van der Waals surface area contributed by atoms with E-state index in [1.807, 2.05) is 17.9 Å². The molecule has 1 aromatic heterocycles. The Bertz CT molecular complexity index is 1090. The van der Waals surface area contributed by atoms with Crippen LogP contribution in [-0.2, 0) is 13.1 Å². The van der Waals surface area contributed by atoms with Gasteiger partial charge >= 0.3 is 6.03 Å². The smallest absolute Gasteiger partial charge is 0.317 e. The number of carbonyl (C=O) groups excluding carboxylic acids is 1. The second-order valence-electron chi connectivity index (χ2n) is 12.4. The van der Waals surface area contributed by atoms with Crippen molar-refractivity contribution in [3.63, 3.8) is 0 Å². The zero-order chi connectivity index (χ0) is 29.0. The molecule has 2 amide bonds. The van der Waals surface area contributed by atoms with Crippen molar-refractivity contribution in [1.82, 2.24) is 30.8 Å². The SMILES string of the molecule is Cc1cc(N2CCN(C(=O)NC3CCCCC3)CC2)nc(NCc2ccc(CNCCCNC3CCCCC3)cc2)n1. The van der Waals surface area contributed by atoms with Gasteiger partial charge in [0.25, 0.3) is 0 Å². The first kappa shape index (κ1) is 30.5. The van der Waals surface area contributed by atoms with Gasteiger partial charge in [-0.2, -0.15) is 4.98 Å². The van der Waals surface area contributed by atoms with E-state index in [4.69, 9.17) is 4.98 Å². The third kappa shape index (κ3) is 9.56. The van der Waals surface area contributed by atoms with E-state index in [-0.39, 0.29) is 6.03 Å². The Kier molecular flexibility index (Phi) is 11.7. The van der Waals surface area contributed by atoms with Crippen molar-refractivity contribution in [2.24, 2.45) is 0 Å². The molecule has 0 radical (unpaired) electrons. The minimum absolute atomic E-state index is 0.0896. The number of rotatable bonds is 12. The molecule has 2 aliphatic carbocycles. The molecule has 42 heavy (non-hydrogen) atoms. The molecule has 0 unspecified atom stereocenters. The van der Waals surface area contributed by atoms with E-state index >= 15 is 0 Å². The summed E-state index contributed by atoms with van der Waals surface area (Å²) in [6.45, 7) is 8.72. The van der Waals surface area contributed by atoms with Crippen molar-refractivity contribution < 1.29 is 4.79 Å². The van der Waals surface area contributed by atoms with Crippen LogP contribution in [0.4, 0.5) is 16.6 Å². The largest absolute Gasteiger partial charge is 0.353 e. The first-order valence-corrected chi connectivity index (χ1v) is 16.5. The first-order valence-electron chi connectivity index (χ1n) is 16.5. The second-order valence-corrected chi connectivity index (χ2v) is 12.4. The molecule has 2 aromatic rings. The average molecular weight is 577 g/mol. The lowest BCUT2D eigenvalue weighted by Crippen LogP contribution is -2.53. The molecule has 0 bridgehead atoms. The van der Waals surface area contributed by atoms with E-state index < -0.39 is 0 Å². The quantitative estimate of drug-likeness (QED) is 0.265. The number of amides is 2. The summed E-state index contributed by atoms with van der Waals surface area (Å²) in [6.07, 6.45) is 14.0. The summed E-state index contributed by atoms with van der Waals surface area (Å²) in [6, 6.07) is 12.0.